The van der Waals surface area contributed by atoms with Gasteiger partial charge in [0, 0.05) is 5.69 Å². The number of aryl methyl sites for hydroxylation is 1. The largest absolute Gasteiger partial charge is 0.467 e. The molecule has 2 amide bonds. The molecule has 0 saturated heterocycles. The van der Waals surface area contributed by atoms with Crippen LogP contribution >= 0.6 is 0 Å². The van der Waals surface area contributed by atoms with E-state index in [0.717, 1.165) is 0 Å². The van der Waals surface area contributed by atoms with Gasteiger partial charge in [-0.15, -0.1) is 5.10 Å². The molecule has 10 heteroatoms. The van der Waals surface area contributed by atoms with Crippen LogP contribution in [-0.4, -0.2) is 26.8 Å². The number of nitrogens with zero attached hydrogens (tertiary/aromatic N) is 4. The first-order valence-electron chi connectivity index (χ1n) is 11.2. The number of furan rings is 2. The van der Waals surface area contributed by atoms with Gasteiger partial charge in [-0.3, -0.25) is 14.5 Å². The van der Waals surface area contributed by atoms with Gasteiger partial charge in [-0.25, -0.2) is 9.07 Å². The maximum Gasteiger partial charge on any atom is 0.251 e. The highest BCUT2D eigenvalue weighted by atomic mass is 19.1. The molecule has 0 saturated carbocycles. The molecule has 36 heavy (non-hydrogen) atoms. The van der Waals surface area contributed by atoms with E-state index in [9.17, 15) is 14.0 Å². The van der Waals surface area contributed by atoms with E-state index in [0.29, 0.717) is 22.4 Å². The first-order chi connectivity index (χ1) is 17.5. The maximum absolute atomic E-state index is 14.6. The smallest absolute Gasteiger partial charge is 0.251 e. The van der Waals surface area contributed by atoms with Crippen LogP contribution in [0.2, 0.25) is 0 Å². The Morgan fingerprint density at radius 2 is 1.86 bits per heavy atom. The molecule has 0 aliphatic rings. The molecule has 9 nitrogen and oxygen atoms in total. The van der Waals surface area contributed by atoms with Crippen molar-refractivity contribution in [3.05, 3.63) is 102 Å². The molecular formula is C26H22FN5O4. The molecule has 2 aromatic carbocycles. The summed E-state index contributed by atoms with van der Waals surface area (Å²) in [6, 6.07) is 17.0. The van der Waals surface area contributed by atoms with Crippen molar-refractivity contribution in [2.45, 2.75) is 26.1 Å². The van der Waals surface area contributed by atoms with Crippen molar-refractivity contribution in [3.8, 4) is 0 Å². The van der Waals surface area contributed by atoms with Crippen LogP contribution in [-0.2, 0) is 22.7 Å². The minimum atomic E-state index is -1.22. The molecule has 5 rings (SSSR count). The number of rotatable bonds is 8. The summed E-state index contributed by atoms with van der Waals surface area (Å²) in [5, 5.41) is 11.0. The van der Waals surface area contributed by atoms with E-state index in [1.54, 1.807) is 55.5 Å². The van der Waals surface area contributed by atoms with E-state index in [-0.39, 0.29) is 24.5 Å². The normalized spacial score (nSPS) is 11.9. The molecule has 0 radical (unpaired) electrons. The number of fused-ring (bicyclic) bond motifs is 1. The second kappa shape index (κ2) is 9.87. The Morgan fingerprint density at radius 1 is 1.06 bits per heavy atom. The lowest BCUT2D eigenvalue weighted by molar-refractivity contribution is -0.127. The standard InChI is InChI=1S/C26H22FN5O4/c1-17-10-11-18(14-20(17)27)32(24(33)16-31-22-8-3-2-7-21(22)29-30-31)25(23-9-5-13-36-23)26(34)28-15-19-6-4-12-35-19/h2-14,25H,15-16H2,1H3,(H,28,34)/t25-/m1/s1. The van der Waals surface area contributed by atoms with Crippen LogP contribution in [0.4, 0.5) is 10.1 Å². The first kappa shape index (κ1) is 23.0. The van der Waals surface area contributed by atoms with Crippen LogP contribution in [0.3, 0.4) is 0 Å². The zero-order valence-electron chi connectivity index (χ0n) is 19.3. The monoisotopic (exact) mass is 487 g/mol. The van der Waals surface area contributed by atoms with Gasteiger partial charge in [0.05, 0.1) is 24.6 Å². The SMILES string of the molecule is Cc1ccc(N(C(=O)Cn2nnc3ccccc32)[C@@H](C(=O)NCc2ccco2)c2ccco2)cc1F. The molecule has 0 unspecified atom stereocenters. The zero-order valence-corrected chi connectivity index (χ0v) is 19.3. The van der Waals surface area contributed by atoms with Gasteiger partial charge in [-0.1, -0.05) is 23.4 Å². The Hall–Kier alpha value is -4.73. The lowest BCUT2D eigenvalue weighted by Gasteiger charge is -2.30. The molecule has 1 N–H and O–H groups in total. The highest BCUT2D eigenvalue weighted by Crippen LogP contribution is 2.30. The molecule has 182 valence electrons. The van der Waals surface area contributed by atoms with Gasteiger partial charge in [0.15, 0.2) is 6.04 Å². The second-order valence-corrected chi connectivity index (χ2v) is 8.15. The second-order valence-electron chi connectivity index (χ2n) is 8.15. The van der Waals surface area contributed by atoms with Crippen LogP contribution in [0.15, 0.2) is 88.1 Å². The summed E-state index contributed by atoms with van der Waals surface area (Å²) in [4.78, 5) is 28.5. The lowest BCUT2D eigenvalue weighted by Crippen LogP contribution is -2.45. The summed E-state index contributed by atoms with van der Waals surface area (Å²) in [5.74, 6) is -0.798. The molecule has 1 atom stereocenters. The van der Waals surface area contributed by atoms with Crippen molar-refractivity contribution in [1.82, 2.24) is 20.3 Å². The summed E-state index contributed by atoms with van der Waals surface area (Å²) in [7, 11) is 0. The molecule has 0 aliphatic heterocycles. The van der Waals surface area contributed by atoms with E-state index < -0.39 is 23.7 Å². The molecule has 5 aromatic rings. The van der Waals surface area contributed by atoms with Gasteiger partial charge in [-0.2, -0.15) is 0 Å². The zero-order chi connectivity index (χ0) is 25.1. The summed E-state index contributed by atoms with van der Waals surface area (Å²) in [5.41, 5.74) is 1.88. The van der Waals surface area contributed by atoms with E-state index in [4.69, 9.17) is 8.83 Å². The summed E-state index contributed by atoms with van der Waals surface area (Å²) < 4.78 is 26.9. The van der Waals surface area contributed by atoms with Crippen LogP contribution in [0.1, 0.15) is 23.1 Å². The number of para-hydroxylation sites is 1. The van der Waals surface area contributed by atoms with Crippen LogP contribution in [0, 0.1) is 12.7 Å². The number of aromatic nitrogens is 3. The van der Waals surface area contributed by atoms with Crippen molar-refractivity contribution in [2.24, 2.45) is 0 Å². The highest BCUT2D eigenvalue weighted by Gasteiger charge is 2.35. The summed E-state index contributed by atoms with van der Waals surface area (Å²) in [6.45, 7) is 1.48. The van der Waals surface area contributed by atoms with Crippen molar-refractivity contribution in [3.63, 3.8) is 0 Å². The van der Waals surface area contributed by atoms with Gasteiger partial charge in [0.2, 0.25) is 5.91 Å². The van der Waals surface area contributed by atoms with Crippen molar-refractivity contribution in [2.75, 3.05) is 4.90 Å². The number of anilines is 1. The van der Waals surface area contributed by atoms with Crippen molar-refractivity contribution >= 4 is 28.5 Å². The van der Waals surface area contributed by atoms with Gasteiger partial charge >= 0.3 is 0 Å². The average Bonchev–Trinajstić information content (AvgIpc) is 3.66. The predicted octanol–water partition coefficient (Wildman–Crippen LogP) is 4.16. The van der Waals surface area contributed by atoms with Gasteiger partial charge in [0.1, 0.15) is 29.4 Å². The third-order valence-electron chi connectivity index (χ3n) is 5.74. The number of hydrogen-bond donors (Lipinski definition) is 1. The molecule has 3 aromatic heterocycles. The summed E-state index contributed by atoms with van der Waals surface area (Å²) in [6.07, 6.45) is 2.91. The van der Waals surface area contributed by atoms with Gasteiger partial charge < -0.3 is 14.2 Å². The Kier molecular flexibility index (Phi) is 6.31. The number of carbonyl (C=O) groups is 2. The lowest BCUT2D eigenvalue weighted by atomic mass is 10.1. The summed E-state index contributed by atoms with van der Waals surface area (Å²) >= 11 is 0. The Balaban J connectivity index is 1.54. The van der Waals surface area contributed by atoms with Crippen LogP contribution in [0.25, 0.3) is 11.0 Å². The Bertz CT molecular complexity index is 1490. The minimum absolute atomic E-state index is 0.0983. The van der Waals surface area contributed by atoms with Gasteiger partial charge in [0.25, 0.3) is 5.91 Å². The third-order valence-corrected chi connectivity index (χ3v) is 5.74. The number of amides is 2. The minimum Gasteiger partial charge on any atom is -0.467 e. The Labute approximate surface area is 205 Å². The van der Waals surface area contributed by atoms with Crippen LogP contribution in [0.5, 0.6) is 0 Å². The predicted molar refractivity (Wildman–Crippen MR) is 128 cm³/mol. The molecular weight excluding hydrogens is 465 g/mol. The number of carbonyl (C=O) groups excluding carboxylic acids is 2. The highest BCUT2D eigenvalue weighted by molar-refractivity contribution is 6.01. The topological polar surface area (TPSA) is 106 Å². The first-order valence-corrected chi connectivity index (χ1v) is 11.2. The van der Waals surface area contributed by atoms with Gasteiger partial charge in [-0.05, 0) is 61.0 Å². The number of benzene rings is 2. The van der Waals surface area contributed by atoms with E-state index >= 15 is 0 Å². The fraction of sp³-hybridized carbons (Fsp3) is 0.154. The van der Waals surface area contributed by atoms with Crippen LogP contribution < -0.4 is 10.2 Å². The quantitative estimate of drug-likeness (QED) is 0.352. The van der Waals surface area contributed by atoms with E-state index in [1.165, 1.54) is 28.2 Å². The van der Waals surface area contributed by atoms with E-state index in [2.05, 4.69) is 15.6 Å². The average molecular weight is 487 g/mol. The molecule has 0 spiro atoms. The molecule has 0 aliphatic carbocycles. The van der Waals surface area contributed by atoms with E-state index in [1.807, 2.05) is 12.1 Å². The Morgan fingerprint density at radius 3 is 2.61 bits per heavy atom. The number of nitrogens with one attached hydrogen (secondary N) is 1. The number of halogens is 1. The third kappa shape index (κ3) is 4.61. The molecule has 0 bridgehead atoms. The maximum atomic E-state index is 14.6. The molecule has 3 heterocycles. The van der Waals surface area contributed by atoms with Crippen molar-refractivity contribution < 1.29 is 22.8 Å². The van der Waals surface area contributed by atoms with Crippen molar-refractivity contribution in [1.29, 1.82) is 0 Å². The fourth-order valence-corrected chi connectivity index (χ4v) is 3.91. The molecule has 0 fully saturated rings. The number of hydrogen-bond acceptors (Lipinski definition) is 6. The fourth-order valence-electron chi connectivity index (χ4n) is 3.91.